The summed E-state index contributed by atoms with van der Waals surface area (Å²) in [6, 6.07) is 2.28. The van der Waals surface area contributed by atoms with Crippen molar-refractivity contribution >= 4 is 5.84 Å². The zero-order valence-corrected chi connectivity index (χ0v) is 19.3. The first kappa shape index (κ1) is 23.9. The van der Waals surface area contributed by atoms with E-state index < -0.39 is 5.72 Å². The van der Waals surface area contributed by atoms with Crippen molar-refractivity contribution < 1.29 is 9.68 Å². The van der Waals surface area contributed by atoms with Crippen LogP contribution in [0.2, 0.25) is 0 Å². The molecule has 1 N–H and O–H groups in total. The van der Waals surface area contributed by atoms with Crippen LogP contribution in [0.15, 0.2) is 11.1 Å². The van der Waals surface area contributed by atoms with E-state index in [2.05, 4.69) is 36.3 Å². The normalized spacial score (nSPS) is 21.7. The van der Waals surface area contributed by atoms with Gasteiger partial charge in [-0.25, -0.2) is 9.48 Å². The summed E-state index contributed by atoms with van der Waals surface area (Å²) in [5, 5.41) is 20.7. The highest BCUT2D eigenvalue weighted by molar-refractivity contribution is 5.98. The summed E-state index contributed by atoms with van der Waals surface area (Å²) < 4.78 is 2.14. The molecule has 0 bridgehead atoms. The maximum Gasteiger partial charge on any atom is 0.278 e. The molecule has 0 aromatic rings. The van der Waals surface area contributed by atoms with E-state index in [1.54, 1.807) is 0 Å². The Morgan fingerprint density at radius 3 is 2.07 bits per heavy atom. The number of fused-ring (bicyclic) bond motifs is 1. The third-order valence-corrected chi connectivity index (χ3v) is 6.95. The minimum absolute atomic E-state index is 0.408. The van der Waals surface area contributed by atoms with Gasteiger partial charge in [-0.3, -0.25) is 0 Å². The van der Waals surface area contributed by atoms with Crippen LogP contribution in [0.4, 0.5) is 0 Å². The van der Waals surface area contributed by atoms with Gasteiger partial charge in [-0.1, -0.05) is 77.6 Å². The second-order valence-electron chi connectivity index (χ2n) is 9.11. The van der Waals surface area contributed by atoms with E-state index in [1.807, 2.05) is 0 Å². The molecule has 0 radical (unpaired) electrons. The van der Waals surface area contributed by atoms with Gasteiger partial charge in [0.15, 0.2) is 6.54 Å². The summed E-state index contributed by atoms with van der Waals surface area (Å²) in [5.41, 5.74) is 1.41. The Balaban J connectivity index is 1.69. The van der Waals surface area contributed by atoms with Crippen molar-refractivity contribution in [2.24, 2.45) is 0 Å². The summed E-state index contributed by atoms with van der Waals surface area (Å²) in [4.78, 5) is 2.18. The molecule has 164 valence electrons. The lowest BCUT2D eigenvalue weighted by Crippen LogP contribution is -2.53. The lowest BCUT2D eigenvalue weighted by atomic mass is 9.96. The fourth-order valence-electron chi connectivity index (χ4n) is 5.05. The maximum atomic E-state index is 11.5. The summed E-state index contributed by atoms with van der Waals surface area (Å²) in [6.45, 7) is 8.67. The molecule has 0 fully saturated rings. The van der Waals surface area contributed by atoms with Crippen molar-refractivity contribution in [3.05, 3.63) is 11.1 Å². The summed E-state index contributed by atoms with van der Waals surface area (Å²) in [5.74, 6) is 1.09. The van der Waals surface area contributed by atoms with Crippen LogP contribution in [0.3, 0.4) is 0 Å². The van der Waals surface area contributed by atoms with Crippen molar-refractivity contribution in [2.75, 3.05) is 19.6 Å². The molecule has 29 heavy (non-hydrogen) atoms. The highest BCUT2D eigenvalue weighted by atomic mass is 16.3. The topological polar surface area (TPSA) is 50.3 Å². The summed E-state index contributed by atoms with van der Waals surface area (Å²) >= 11 is 0. The highest BCUT2D eigenvalue weighted by Crippen LogP contribution is 2.39. The number of rotatable bonds is 14. The minimum atomic E-state index is -0.841. The van der Waals surface area contributed by atoms with Crippen LogP contribution in [0, 0.1) is 11.3 Å². The Morgan fingerprint density at radius 1 is 0.966 bits per heavy atom. The monoisotopic (exact) mass is 402 g/mol. The zero-order valence-electron chi connectivity index (χ0n) is 19.3. The Bertz CT molecular complexity index is 616. The smallest absolute Gasteiger partial charge is 0.278 e. The molecule has 4 heteroatoms. The molecule has 0 aromatic heterocycles. The quantitative estimate of drug-likeness (QED) is 0.228. The first-order chi connectivity index (χ1) is 14.1. The summed E-state index contributed by atoms with van der Waals surface area (Å²) in [6.07, 6.45) is 17.8. The molecule has 0 spiro atoms. The van der Waals surface area contributed by atoms with Crippen molar-refractivity contribution in [2.45, 2.75) is 116 Å². The lowest BCUT2D eigenvalue weighted by molar-refractivity contribution is -0.527. The van der Waals surface area contributed by atoms with E-state index in [1.165, 1.54) is 76.2 Å². The average Bonchev–Trinajstić information content (AvgIpc) is 2.91. The fourth-order valence-corrected chi connectivity index (χ4v) is 5.05. The Labute approximate surface area is 179 Å². The van der Waals surface area contributed by atoms with Crippen LogP contribution in [0.5, 0.6) is 0 Å². The van der Waals surface area contributed by atoms with Crippen LogP contribution in [-0.2, 0) is 0 Å². The molecule has 0 aliphatic carbocycles. The minimum Gasteiger partial charge on any atom is -0.350 e. The van der Waals surface area contributed by atoms with Gasteiger partial charge in [0, 0.05) is 24.0 Å². The second kappa shape index (κ2) is 12.4. The van der Waals surface area contributed by atoms with Gasteiger partial charge >= 0.3 is 0 Å². The molecule has 2 aliphatic heterocycles. The number of hydrogen-bond donors (Lipinski definition) is 1. The molecule has 1 unspecified atom stereocenters. The predicted octanol–water partition coefficient (Wildman–Crippen LogP) is 5.76. The van der Waals surface area contributed by atoms with Crippen LogP contribution >= 0.6 is 0 Å². The third kappa shape index (κ3) is 6.32. The van der Waals surface area contributed by atoms with Crippen LogP contribution in [0.25, 0.3) is 0 Å². The van der Waals surface area contributed by atoms with Gasteiger partial charge in [-0.15, -0.1) is 0 Å². The highest BCUT2D eigenvalue weighted by Gasteiger charge is 2.53. The standard InChI is InChI=1S/C25H44N3O/c1-4-5-6-7-8-9-10-11-12-13-14-15-17-25(29)23(3)22(2)24-27(21-18-26)19-16-20-28(24)25/h29H,4-17,19-21H2,1-3H3/q+1. The Hall–Kier alpha value is -1.34. The van der Waals surface area contributed by atoms with Gasteiger partial charge in [-0.05, 0) is 20.3 Å². The van der Waals surface area contributed by atoms with E-state index in [0.29, 0.717) is 6.54 Å². The number of nitrogens with zero attached hydrogens (tertiary/aromatic N) is 3. The molecule has 2 aliphatic rings. The third-order valence-electron chi connectivity index (χ3n) is 6.95. The van der Waals surface area contributed by atoms with Crippen molar-refractivity contribution in [1.82, 2.24) is 4.90 Å². The second-order valence-corrected chi connectivity index (χ2v) is 9.11. The van der Waals surface area contributed by atoms with Crippen LogP contribution < -0.4 is 0 Å². The molecule has 4 nitrogen and oxygen atoms in total. The molecule has 0 saturated carbocycles. The Kier molecular flexibility index (Phi) is 10.2. The molecule has 2 rings (SSSR count). The van der Waals surface area contributed by atoms with E-state index in [4.69, 9.17) is 5.26 Å². The molecule has 0 amide bonds. The van der Waals surface area contributed by atoms with E-state index in [0.717, 1.165) is 43.8 Å². The molecular weight excluding hydrogens is 358 g/mol. The van der Waals surface area contributed by atoms with Crippen LogP contribution in [0.1, 0.15) is 111 Å². The number of aliphatic hydroxyl groups is 1. The van der Waals surface area contributed by atoms with Crippen molar-refractivity contribution in [3.63, 3.8) is 0 Å². The SMILES string of the molecule is CCCCCCCCCCCCCCC1(O)C(C)=C(C)C2=[N+](CC#N)CCCN21. The van der Waals surface area contributed by atoms with E-state index in [-0.39, 0.29) is 0 Å². The first-order valence-electron chi connectivity index (χ1n) is 12.2. The van der Waals surface area contributed by atoms with Gasteiger partial charge in [0.05, 0.1) is 13.1 Å². The van der Waals surface area contributed by atoms with Gasteiger partial charge in [0.2, 0.25) is 5.72 Å². The molecule has 1 atom stereocenters. The Morgan fingerprint density at radius 2 is 1.52 bits per heavy atom. The molecule has 2 heterocycles. The number of amidine groups is 1. The fraction of sp³-hybridized carbons (Fsp3) is 0.840. The first-order valence-corrected chi connectivity index (χ1v) is 12.2. The number of hydrogen-bond acceptors (Lipinski definition) is 3. The molecular formula is C25H44N3O+. The van der Waals surface area contributed by atoms with E-state index in [9.17, 15) is 5.11 Å². The maximum absolute atomic E-state index is 11.5. The van der Waals surface area contributed by atoms with Crippen molar-refractivity contribution in [1.29, 1.82) is 5.26 Å². The van der Waals surface area contributed by atoms with E-state index >= 15 is 0 Å². The predicted molar refractivity (Wildman–Crippen MR) is 121 cm³/mol. The lowest BCUT2D eigenvalue weighted by Gasteiger charge is -2.33. The summed E-state index contributed by atoms with van der Waals surface area (Å²) in [7, 11) is 0. The van der Waals surface area contributed by atoms with Gasteiger partial charge in [0.1, 0.15) is 6.07 Å². The van der Waals surface area contributed by atoms with Crippen LogP contribution in [-0.4, -0.2) is 45.8 Å². The number of nitriles is 1. The largest absolute Gasteiger partial charge is 0.350 e. The molecule has 0 saturated heterocycles. The van der Waals surface area contributed by atoms with Crippen molar-refractivity contribution in [3.8, 4) is 6.07 Å². The van der Waals surface area contributed by atoms with Gasteiger partial charge in [0.25, 0.3) is 5.84 Å². The van der Waals surface area contributed by atoms with Gasteiger partial charge < -0.3 is 5.11 Å². The number of unbranched alkanes of at least 4 members (excludes halogenated alkanes) is 11. The van der Waals surface area contributed by atoms with Gasteiger partial charge in [-0.2, -0.15) is 5.26 Å². The zero-order chi connectivity index (χ0) is 21.1. The molecule has 0 aromatic carbocycles. The average molecular weight is 403 g/mol.